The molecule has 0 saturated carbocycles. The second-order valence-corrected chi connectivity index (χ2v) is 7.21. The van der Waals surface area contributed by atoms with Gasteiger partial charge in [0.1, 0.15) is 16.9 Å². The third kappa shape index (κ3) is 3.49. The average Bonchev–Trinajstić information content (AvgIpc) is 2.73. The van der Waals surface area contributed by atoms with Crippen molar-refractivity contribution in [2.75, 3.05) is 0 Å². The van der Waals surface area contributed by atoms with Crippen LogP contribution in [0.1, 0.15) is 21.5 Å². The predicted molar refractivity (Wildman–Crippen MR) is 114 cm³/mol. The number of nitro benzene ring substituents is 1. The monoisotopic (exact) mass is 419 g/mol. The Kier molecular flexibility index (Phi) is 4.93. The molecule has 148 valence electrons. The number of non-ortho nitro benzene ring substituents is 1. The van der Waals surface area contributed by atoms with E-state index in [0.29, 0.717) is 16.2 Å². The van der Waals surface area contributed by atoms with Crippen LogP contribution in [0.5, 0.6) is 0 Å². The van der Waals surface area contributed by atoms with Gasteiger partial charge in [0, 0.05) is 28.3 Å². The van der Waals surface area contributed by atoms with Crippen molar-refractivity contribution in [1.29, 1.82) is 0 Å². The zero-order valence-corrected chi connectivity index (χ0v) is 16.5. The van der Waals surface area contributed by atoms with Crippen LogP contribution in [0.2, 0.25) is 5.02 Å². The van der Waals surface area contributed by atoms with E-state index in [4.69, 9.17) is 16.0 Å². The third-order valence-electron chi connectivity index (χ3n) is 4.72. The molecule has 0 spiro atoms. The largest absolute Gasteiger partial charge is 0.455 e. The Morgan fingerprint density at radius 2 is 1.67 bits per heavy atom. The molecule has 0 amide bonds. The van der Waals surface area contributed by atoms with Gasteiger partial charge in [-0.15, -0.1) is 0 Å². The number of fused-ring (bicyclic) bond motifs is 1. The topological polar surface area (TPSA) is 90.4 Å². The molecule has 4 aromatic rings. The van der Waals surface area contributed by atoms with Crippen molar-refractivity contribution < 1.29 is 14.1 Å². The number of carbonyl (C=O) groups is 1. The summed E-state index contributed by atoms with van der Waals surface area (Å²) in [6.07, 6.45) is 0. The van der Waals surface area contributed by atoms with Gasteiger partial charge in [0.25, 0.3) is 5.69 Å². The van der Waals surface area contributed by atoms with Crippen LogP contribution in [0, 0.1) is 17.0 Å². The highest BCUT2D eigenvalue weighted by Gasteiger charge is 2.24. The Morgan fingerprint density at radius 1 is 1.00 bits per heavy atom. The number of rotatable bonds is 4. The molecular weight excluding hydrogens is 406 g/mol. The molecule has 4 rings (SSSR count). The minimum atomic E-state index is -0.578. The molecule has 30 heavy (non-hydrogen) atoms. The number of ketones is 1. The van der Waals surface area contributed by atoms with Crippen molar-refractivity contribution in [1.82, 2.24) is 0 Å². The minimum Gasteiger partial charge on any atom is -0.455 e. The molecule has 0 aliphatic rings. The molecule has 0 aliphatic carbocycles. The smallest absolute Gasteiger partial charge is 0.269 e. The summed E-state index contributed by atoms with van der Waals surface area (Å²) in [5, 5.41) is 11.7. The summed E-state index contributed by atoms with van der Waals surface area (Å²) < 4.78 is 6.01. The maximum Gasteiger partial charge on any atom is 0.269 e. The van der Waals surface area contributed by atoms with Gasteiger partial charge in [-0.1, -0.05) is 17.7 Å². The lowest BCUT2D eigenvalue weighted by Gasteiger charge is -2.10. The molecule has 0 unspecified atom stereocenters. The van der Waals surface area contributed by atoms with E-state index in [1.165, 1.54) is 24.3 Å². The van der Waals surface area contributed by atoms with Crippen LogP contribution in [-0.2, 0) is 0 Å². The highest BCUT2D eigenvalue weighted by atomic mass is 35.5. The number of hydrogen-bond donors (Lipinski definition) is 0. The molecule has 0 fully saturated rings. The van der Waals surface area contributed by atoms with Crippen molar-refractivity contribution in [3.63, 3.8) is 0 Å². The first-order valence-corrected chi connectivity index (χ1v) is 9.35. The first kappa shape index (κ1) is 19.5. The number of nitrogens with zero attached hydrogens (tertiary/aromatic N) is 1. The van der Waals surface area contributed by atoms with Crippen molar-refractivity contribution in [3.05, 3.63) is 109 Å². The lowest BCUT2D eigenvalue weighted by atomic mass is 9.97. The fourth-order valence-electron chi connectivity index (χ4n) is 3.19. The average molecular weight is 420 g/mol. The fraction of sp³-hybridized carbons (Fsp3) is 0.0435. The summed E-state index contributed by atoms with van der Waals surface area (Å²) in [4.78, 5) is 36.9. The Hall–Kier alpha value is -3.77. The van der Waals surface area contributed by atoms with Gasteiger partial charge in [0.2, 0.25) is 11.2 Å². The SMILES string of the molecule is Cc1ccc2c(=O)c(C(=O)c3ccc([N+](=O)[O-])cc3)c(-c3ccc(Cl)cc3)oc2c1. The van der Waals surface area contributed by atoms with Gasteiger partial charge in [-0.25, -0.2) is 0 Å². The van der Waals surface area contributed by atoms with Crippen LogP contribution in [0.15, 0.2) is 75.9 Å². The Morgan fingerprint density at radius 3 is 2.30 bits per heavy atom. The Balaban J connectivity index is 1.97. The van der Waals surface area contributed by atoms with Gasteiger partial charge in [0.05, 0.1) is 10.3 Å². The van der Waals surface area contributed by atoms with Crippen LogP contribution in [0.3, 0.4) is 0 Å². The first-order chi connectivity index (χ1) is 14.3. The van der Waals surface area contributed by atoms with E-state index in [-0.39, 0.29) is 28.0 Å². The molecular formula is C23H14ClNO5. The number of carbonyl (C=O) groups excluding carboxylic acids is 1. The second kappa shape index (κ2) is 7.57. The van der Waals surface area contributed by atoms with E-state index in [2.05, 4.69) is 0 Å². The zero-order chi connectivity index (χ0) is 21.4. The fourth-order valence-corrected chi connectivity index (χ4v) is 3.32. The first-order valence-electron chi connectivity index (χ1n) is 8.98. The highest BCUT2D eigenvalue weighted by molar-refractivity contribution is 6.30. The lowest BCUT2D eigenvalue weighted by molar-refractivity contribution is -0.384. The standard InChI is InChI=1S/C23H14ClNO5/c1-13-2-11-18-19(12-13)30-23(15-3-7-16(24)8-4-15)20(22(18)27)21(26)14-5-9-17(10-6-14)25(28)29/h2-12H,1H3. The number of hydrogen-bond acceptors (Lipinski definition) is 5. The summed E-state index contributed by atoms with van der Waals surface area (Å²) >= 11 is 5.97. The molecule has 3 aromatic carbocycles. The molecule has 0 radical (unpaired) electrons. The van der Waals surface area contributed by atoms with Crippen molar-refractivity contribution in [2.24, 2.45) is 0 Å². The lowest BCUT2D eigenvalue weighted by Crippen LogP contribution is -2.18. The Bertz CT molecular complexity index is 1360. The van der Waals surface area contributed by atoms with Gasteiger partial charge < -0.3 is 4.42 Å². The summed E-state index contributed by atoms with van der Waals surface area (Å²) in [5.41, 5.74) is 1.18. The molecule has 0 saturated heterocycles. The van der Waals surface area contributed by atoms with E-state index in [0.717, 1.165) is 5.56 Å². The predicted octanol–water partition coefficient (Wildman–Crippen LogP) is 5.56. The van der Waals surface area contributed by atoms with Crippen molar-refractivity contribution in [2.45, 2.75) is 6.92 Å². The van der Waals surface area contributed by atoms with Gasteiger partial charge in [0.15, 0.2) is 0 Å². The molecule has 7 heteroatoms. The second-order valence-electron chi connectivity index (χ2n) is 6.77. The molecule has 1 heterocycles. The maximum atomic E-state index is 13.3. The molecule has 1 aromatic heterocycles. The van der Waals surface area contributed by atoms with Crippen LogP contribution in [-0.4, -0.2) is 10.7 Å². The summed E-state index contributed by atoms with van der Waals surface area (Å²) in [5.74, 6) is -0.454. The third-order valence-corrected chi connectivity index (χ3v) is 4.97. The van der Waals surface area contributed by atoms with Crippen molar-refractivity contribution >= 4 is 34.0 Å². The molecule has 0 N–H and O–H groups in total. The zero-order valence-electron chi connectivity index (χ0n) is 15.7. The maximum absolute atomic E-state index is 13.3. The summed E-state index contributed by atoms with van der Waals surface area (Å²) in [7, 11) is 0. The van der Waals surface area contributed by atoms with Crippen LogP contribution in [0.25, 0.3) is 22.3 Å². The highest BCUT2D eigenvalue weighted by Crippen LogP contribution is 2.29. The summed E-state index contributed by atoms with van der Waals surface area (Å²) in [6.45, 7) is 1.87. The Labute approximate surface area is 175 Å². The van der Waals surface area contributed by atoms with E-state index in [1.54, 1.807) is 42.5 Å². The van der Waals surface area contributed by atoms with Crippen LogP contribution in [0.4, 0.5) is 5.69 Å². The van der Waals surface area contributed by atoms with E-state index in [9.17, 15) is 19.7 Å². The normalized spacial score (nSPS) is 10.9. The van der Waals surface area contributed by atoms with E-state index in [1.807, 2.05) is 6.92 Å². The van der Waals surface area contributed by atoms with Crippen LogP contribution < -0.4 is 5.43 Å². The number of nitro groups is 1. The number of aryl methyl sites for hydroxylation is 1. The molecule has 0 bridgehead atoms. The minimum absolute atomic E-state index is 0.123. The molecule has 6 nitrogen and oxygen atoms in total. The van der Waals surface area contributed by atoms with Gasteiger partial charge in [-0.2, -0.15) is 0 Å². The van der Waals surface area contributed by atoms with Crippen molar-refractivity contribution in [3.8, 4) is 11.3 Å². The summed E-state index contributed by atoms with van der Waals surface area (Å²) in [6, 6.07) is 16.8. The van der Waals surface area contributed by atoms with Gasteiger partial charge >= 0.3 is 0 Å². The van der Waals surface area contributed by atoms with Gasteiger partial charge in [-0.3, -0.25) is 19.7 Å². The van der Waals surface area contributed by atoms with Crippen LogP contribution >= 0.6 is 11.6 Å². The van der Waals surface area contributed by atoms with E-state index < -0.39 is 16.1 Å². The quantitative estimate of drug-likeness (QED) is 0.245. The molecule has 0 aliphatic heterocycles. The van der Waals surface area contributed by atoms with Gasteiger partial charge in [-0.05, 0) is 61.0 Å². The molecule has 0 atom stereocenters. The van der Waals surface area contributed by atoms with E-state index >= 15 is 0 Å². The number of benzene rings is 3. The number of halogens is 1.